The normalized spacial score (nSPS) is 15.3. The minimum Gasteiger partial charge on any atom is -0.494 e. The Balaban J connectivity index is 1.57. The number of nitrogens with zero attached hydrogens (tertiary/aromatic N) is 4. The van der Waals surface area contributed by atoms with Crippen LogP contribution < -0.4 is 15.8 Å². The number of rotatable bonds is 6. The monoisotopic (exact) mass is 493 g/mol. The number of carbonyl (C=O) groups is 2. The summed E-state index contributed by atoms with van der Waals surface area (Å²) in [4.78, 5) is 40.6. The maximum Gasteiger partial charge on any atom is 0.291 e. The zero-order valence-electron chi connectivity index (χ0n) is 20.4. The highest BCUT2D eigenvalue weighted by atomic mass is 19.1. The van der Waals surface area contributed by atoms with Crippen molar-refractivity contribution in [3.8, 4) is 5.88 Å². The Bertz CT molecular complexity index is 1480. The van der Waals surface area contributed by atoms with Crippen molar-refractivity contribution < 1.29 is 19.1 Å². The number of aromatic nitrogens is 3. The van der Waals surface area contributed by atoms with Gasteiger partial charge in [-0.2, -0.15) is 9.61 Å². The molecule has 1 aromatic carbocycles. The second kappa shape index (κ2) is 8.92. The smallest absolute Gasteiger partial charge is 0.291 e. The van der Waals surface area contributed by atoms with Gasteiger partial charge in [-0.05, 0) is 61.9 Å². The molecule has 5 rings (SSSR count). The Morgan fingerprint density at radius 1 is 1.31 bits per heavy atom. The van der Waals surface area contributed by atoms with Crippen molar-refractivity contribution in [2.45, 2.75) is 52.6 Å². The number of carbonyl (C=O) groups excluding carboxylic acids is 2. The van der Waals surface area contributed by atoms with Crippen LogP contribution in [0.1, 0.15) is 53.9 Å². The van der Waals surface area contributed by atoms with E-state index < -0.39 is 17.3 Å². The summed E-state index contributed by atoms with van der Waals surface area (Å²) in [6.07, 6.45) is 5.21. The van der Waals surface area contributed by atoms with E-state index in [9.17, 15) is 23.9 Å². The van der Waals surface area contributed by atoms with Crippen molar-refractivity contribution in [2.75, 3.05) is 11.4 Å². The Kier molecular flexibility index (Phi) is 5.89. The third kappa shape index (κ3) is 4.16. The minimum absolute atomic E-state index is 0.0154. The molecule has 0 radical (unpaired) electrons. The Hall–Kier alpha value is -3.95. The SMILES string of the molecule is Cc1nn2c(=O)c(C(=O)NC3CC3)c(O)n(CC(C)C)c2c1C=CC(=O)N1CCc2cc(F)ccc21. The summed E-state index contributed by atoms with van der Waals surface area (Å²) in [5, 5.41) is 18.2. The summed E-state index contributed by atoms with van der Waals surface area (Å²) in [7, 11) is 0. The van der Waals surface area contributed by atoms with E-state index in [2.05, 4.69) is 10.4 Å². The van der Waals surface area contributed by atoms with Crippen molar-refractivity contribution in [1.29, 1.82) is 0 Å². The van der Waals surface area contributed by atoms with Crippen molar-refractivity contribution in [1.82, 2.24) is 19.5 Å². The van der Waals surface area contributed by atoms with Crippen LogP contribution in [-0.4, -0.2) is 43.7 Å². The summed E-state index contributed by atoms with van der Waals surface area (Å²) < 4.78 is 16.2. The van der Waals surface area contributed by atoms with Gasteiger partial charge in [0.15, 0.2) is 5.56 Å². The highest BCUT2D eigenvalue weighted by Gasteiger charge is 2.30. The van der Waals surface area contributed by atoms with E-state index in [1.165, 1.54) is 22.8 Å². The second-order valence-corrected chi connectivity index (χ2v) is 9.84. The van der Waals surface area contributed by atoms with Crippen LogP contribution in [-0.2, 0) is 17.8 Å². The molecule has 0 atom stereocenters. The highest BCUT2D eigenvalue weighted by Crippen LogP contribution is 2.30. The zero-order valence-corrected chi connectivity index (χ0v) is 20.4. The fourth-order valence-corrected chi connectivity index (χ4v) is 4.63. The van der Waals surface area contributed by atoms with Crippen LogP contribution in [0, 0.1) is 18.7 Å². The van der Waals surface area contributed by atoms with Crippen molar-refractivity contribution in [3.63, 3.8) is 0 Å². The lowest BCUT2D eigenvalue weighted by Gasteiger charge is -2.17. The van der Waals surface area contributed by atoms with Gasteiger partial charge in [-0.3, -0.25) is 19.0 Å². The number of aromatic hydroxyl groups is 1. The van der Waals surface area contributed by atoms with Crippen LogP contribution in [0.25, 0.3) is 11.7 Å². The van der Waals surface area contributed by atoms with Crippen LogP contribution in [0.5, 0.6) is 5.88 Å². The average molecular weight is 494 g/mol. The van der Waals surface area contributed by atoms with Crippen LogP contribution in [0.15, 0.2) is 29.1 Å². The topological polar surface area (TPSA) is 109 Å². The first kappa shape index (κ1) is 23.8. The molecule has 188 valence electrons. The van der Waals surface area contributed by atoms with E-state index in [0.717, 1.165) is 22.9 Å². The first-order chi connectivity index (χ1) is 17.2. The maximum absolute atomic E-state index is 13.6. The number of aryl methyl sites for hydroxylation is 1. The number of anilines is 1. The molecule has 0 spiro atoms. The molecule has 0 bridgehead atoms. The standard InChI is InChI=1S/C26H28FN5O4/c1-14(2)13-31-24-19(7-9-21(33)30-11-10-16-12-17(27)4-8-20(16)30)15(3)29-32(24)26(36)22(25(31)35)23(34)28-18-5-6-18/h4,7-9,12,14,18,35H,5-6,10-11,13H2,1-3H3,(H,28,34). The van der Waals surface area contributed by atoms with Gasteiger partial charge in [-0.15, -0.1) is 0 Å². The van der Waals surface area contributed by atoms with Crippen molar-refractivity contribution in [2.24, 2.45) is 5.92 Å². The zero-order chi connectivity index (χ0) is 25.7. The van der Waals surface area contributed by atoms with Gasteiger partial charge in [0, 0.05) is 36.5 Å². The van der Waals surface area contributed by atoms with Gasteiger partial charge in [-0.25, -0.2) is 4.39 Å². The number of fused-ring (bicyclic) bond motifs is 2. The van der Waals surface area contributed by atoms with Gasteiger partial charge in [0.1, 0.15) is 11.5 Å². The fraction of sp³-hybridized carbons (Fsp3) is 0.385. The third-order valence-corrected chi connectivity index (χ3v) is 6.51. The lowest BCUT2D eigenvalue weighted by atomic mass is 10.1. The molecular formula is C26H28FN5O4. The quantitative estimate of drug-likeness (QED) is 0.514. The number of nitrogens with one attached hydrogen (secondary N) is 1. The van der Waals surface area contributed by atoms with Crippen molar-refractivity contribution in [3.05, 3.63) is 62.8 Å². The minimum atomic E-state index is -0.717. The molecule has 1 aliphatic carbocycles. The van der Waals surface area contributed by atoms with Gasteiger partial charge in [0.05, 0.1) is 5.69 Å². The lowest BCUT2D eigenvalue weighted by molar-refractivity contribution is -0.114. The van der Waals surface area contributed by atoms with Crippen LogP contribution in [0.3, 0.4) is 0 Å². The molecule has 1 fully saturated rings. The molecule has 2 N–H and O–H groups in total. The van der Waals surface area contributed by atoms with Gasteiger partial charge >= 0.3 is 0 Å². The molecule has 3 aromatic rings. The third-order valence-electron chi connectivity index (χ3n) is 6.51. The molecule has 1 saturated carbocycles. The lowest BCUT2D eigenvalue weighted by Crippen LogP contribution is -2.34. The first-order valence-electron chi connectivity index (χ1n) is 12.1. The summed E-state index contributed by atoms with van der Waals surface area (Å²) >= 11 is 0. The number of hydrogen-bond acceptors (Lipinski definition) is 5. The van der Waals surface area contributed by atoms with Crippen molar-refractivity contribution >= 4 is 29.2 Å². The Morgan fingerprint density at radius 2 is 2.06 bits per heavy atom. The first-order valence-corrected chi connectivity index (χ1v) is 12.1. The predicted octanol–water partition coefficient (Wildman–Crippen LogP) is 2.80. The van der Waals surface area contributed by atoms with Gasteiger partial charge in [0.2, 0.25) is 5.88 Å². The molecule has 9 nitrogen and oxygen atoms in total. The largest absolute Gasteiger partial charge is 0.494 e. The summed E-state index contributed by atoms with van der Waals surface area (Å²) in [6.45, 7) is 6.37. The van der Waals surface area contributed by atoms with E-state index in [1.807, 2.05) is 13.8 Å². The number of amides is 2. The molecule has 0 unspecified atom stereocenters. The number of halogens is 1. The van der Waals surface area contributed by atoms with Gasteiger partial charge < -0.3 is 15.3 Å². The second-order valence-electron chi connectivity index (χ2n) is 9.84. The number of hydrogen-bond donors (Lipinski definition) is 2. The molecular weight excluding hydrogens is 465 g/mol. The van der Waals surface area contributed by atoms with Crippen LogP contribution >= 0.6 is 0 Å². The molecule has 36 heavy (non-hydrogen) atoms. The Labute approximate surface area is 206 Å². The molecule has 2 aromatic heterocycles. The van der Waals surface area contributed by atoms with E-state index in [0.29, 0.717) is 42.1 Å². The van der Waals surface area contributed by atoms with E-state index in [4.69, 9.17) is 0 Å². The molecule has 1 aliphatic heterocycles. The summed E-state index contributed by atoms with van der Waals surface area (Å²) in [6, 6.07) is 4.37. The van der Waals surface area contributed by atoms with Gasteiger partial charge in [-0.1, -0.05) is 13.8 Å². The number of benzene rings is 1. The van der Waals surface area contributed by atoms with Crippen LogP contribution in [0.2, 0.25) is 0 Å². The molecule has 0 saturated heterocycles. The maximum atomic E-state index is 13.6. The summed E-state index contributed by atoms with van der Waals surface area (Å²) in [5.74, 6) is -1.59. The predicted molar refractivity (Wildman–Crippen MR) is 133 cm³/mol. The van der Waals surface area contributed by atoms with E-state index in [-0.39, 0.29) is 29.2 Å². The fourth-order valence-electron chi connectivity index (χ4n) is 4.63. The molecule has 3 heterocycles. The summed E-state index contributed by atoms with van der Waals surface area (Å²) in [5.41, 5.74) is 1.65. The molecule has 2 amide bonds. The van der Waals surface area contributed by atoms with E-state index in [1.54, 1.807) is 24.0 Å². The van der Waals surface area contributed by atoms with Gasteiger partial charge in [0.25, 0.3) is 17.4 Å². The highest BCUT2D eigenvalue weighted by molar-refractivity contribution is 6.05. The Morgan fingerprint density at radius 3 is 2.75 bits per heavy atom. The van der Waals surface area contributed by atoms with Crippen LogP contribution in [0.4, 0.5) is 10.1 Å². The van der Waals surface area contributed by atoms with E-state index >= 15 is 0 Å². The average Bonchev–Trinajstić information content (AvgIpc) is 3.42. The molecule has 2 aliphatic rings. The molecule has 10 heteroatoms.